The number of hydrogen-bond donors (Lipinski definition) is 1. The van der Waals surface area contributed by atoms with Gasteiger partial charge in [0.2, 0.25) is 5.82 Å². The molecule has 0 amide bonds. The van der Waals surface area contributed by atoms with Crippen LogP contribution in [-0.4, -0.2) is 11.7 Å². The van der Waals surface area contributed by atoms with Crippen LogP contribution < -0.4 is 9.47 Å². The van der Waals surface area contributed by atoms with Crippen molar-refractivity contribution >= 4 is 0 Å². The van der Waals surface area contributed by atoms with Crippen LogP contribution in [0.25, 0.3) is 11.1 Å². The highest BCUT2D eigenvalue weighted by Gasteiger charge is 2.13. The number of halogens is 3. The highest BCUT2D eigenvalue weighted by Crippen LogP contribution is 2.28. The SMILES string of the molecule is C=CCOc1ccc(-c2ccc(OCc3ccc(O)c(F)c3F)cc2)cc1F. The number of ether oxygens (including phenoxy) is 2. The maximum absolute atomic E-state index is 14.1. The van der Waals surface area contributed by atoms with E-state index in [2.05, 4.69) is 6.58 Å². The molecule has 0 unspecified atom stereocenters. The van der Waals surface area contributed by atoms with E-state index in [1.807, 2.05) is 0 Å². The van der Waals surface area contributed by atoms with Gasteiger partial charge in [-0.05, 0) is 47.5 Å². The van der Waals surface area contributed by atoms with Crippen molar-refractivity contribution in [3.05, 3.63) is 90.3 Å². The summed E-state index contributed by atoms with van der Waals surface area (Å²) < 4.78 is 51.8. The van der Waals surface area contributed by atoms with Crippen molar-refractivity contribution in [1.29, 1.82) is 0 Å². The molecule has 3 aromatic rings. The Balaban J connectivity index is 1.69. The van der Waals surface area contributed by atoms with Gasteiger partial charge >= 0.3 is 0 Å². The first-order valence-corrected chi connectivity index (χ1v) is 8.42. The summed E-state index contributed by atoms with van der Waals surface area (Å²) >= 11 is 0. The highest BCUT2D eigenvalue weighted by molar-refractivity contribution is 5.65. The summed E-state index contributed by atoms with van der Waals surface area (Å²) in [6.45, 7) is 3.53. The van der Waals surface area contributed by atoms with Crippen LogP contribution in [0.2, 0.25) is 0 Å². The Morgan fingerprint density at radius 3 is 2.25 bits per heavy atom. The zero-order valence-electron chi connectivity index (χ0n) is 14.8. The van der Waals surface area contributed by atoms with Crippen molar-refractivity contribution in [1.82, 2.24) is 0 Å². The Morgan fingerprint density at radius 1 is 0.857 bits per heavy atom. The third-order valence-corrected chi connectivity index (χ3v) is 4.01. The molecule has 0 aliphatic rings. The summed E-state index contributed by atoms with van der Waals surface area (Å²) in [4.78, 5) is 0. The second kappa shape index (κ2) is 8.52. The Bertz CT molecular complexity index is 985. The summed E-state index contributed by atoms with van der Waals surface area (Å²) in [6.07, 6.45) is 1.53. The number of aromatic hydroxyl groups is 1. The first-order valence-electron chi connectivity index (χ1n) is 8.42. The van der Waals surface area contributed by atoms with Gasteiger partial charge in [0.25, 0.3) is 0 Å². The lowest BCUT2D eigenvalue weighted by molar-refractivity contribution is 0.295. The minimum atomic E-state index is -1.31. The van der Waals surface area contributed by atoms with Gasteiger partial charge in [-0.25, -0.2) is 8.78 Å². The maximum Gasteiger partial charge on any atom is 0.200 e. The van der Waals surface area contributed by atoms with E-state index in [-0.39, 0.29) is 24.5 Å². The van der Waals surface area contributed by atoms with Crippen molar-refractivity contribution < 1.29 is 27.8 Å². The molecule has 3 rings (SSSR count). The van der Waals surface area contributed by atoms with E-state index in [0.29, 0.717) is 11.3 Å². The second-order valence-electron chi connectivity index (χ2n) is 5.93. The minimum absolute atomic E-state index is 0.0171. The lowest BCUT2D eigenvalue weighted by Gasteiger charge is -2.10. The summed E-state index contributed by atoms with van der Waals surface area (Å²) in [5.74, 6) is -3.11. The summed E-state index contributed by atoms with van der Waals surface area (Å²) in [7, 11) is 0. The predicted molar refractivity (Wildman–Crippen MR) is 99.9 cm³/mol. The summed E-state index contributed by atoms with van der Waals surface area (Å²) in [5, 5.41) is 9.13. The van der Waals surface area contributed by atoms with Crippen LogP contribution in [0.15, 0.2) is 67.3 Å². The van der Waals surface area contributed by atoms with Crippen molar-refractivity contribution in [3.63, 3.8) is 0 Å². The second-order valence-corrected chi connectivity index (χ2v) is 5.93. The molecule has 0 saturated heterocycles. The van der Waals surface area contributed by atoms with Gasteiger partial charge in [-0.3, -0.25) is 0 Å². The Kier molecular flexibility index (Phi) is 5.89. The number of benzene rings is 3. The topological polar surface area (TPSA) is 38.7 Å². The largest absolute Gasteiger partial charge is 0.505 e. The molecule has 0 radical (unpaired) electrons. The monoisotopic (exact) mass is 386 g/mol. The maximum atomic E-state index is 14.1. The smallest absolute Gasteiger partial charge is 0.200 e. The van der Waals surface area contributed by atoms with Gasteiger partial charge in [0.15, 0.2) is 23.1 Å². The lowest BCUT2D eigenvalue weighted by Crippen LogP contribution is -2.00. The van der Waals surface area contributed by atoms with Crippen LogP contribution in [-0.2, 0) is 6.61 Å². The summed E-state index contributed by atoms with van der Waals surface area (Å²) in [6, 6.07) is 13.7. The van der Waals surface area contributed by atoms with Crippen LogP contribution >= 0.6 is 0 Å². The van der Waals surface area contributed by atoms with E-state index in [4.69, 9.17) is 14.6 Å². The van der Waals surface area contributed by atoms with Gasteiger partial charge in [0, 0.05) is 5.56 Å². The van der Waals surface area contributed by atoms with E-state index < -0.39 is 23.2 Å². The zero-order chi connectivity index (χ0) is 20.1. The molecule has 0 bridgehead atoms. The molecule has 28 heavy (non-hydrogen) atoms. The quantitative estimate of drug-likeness (QED) is 0.536. The fraction of sp³-hybridized carbons (Fsp3) is 0.0909. The van der Waals surface area contributed by atoms with E-state index in [9.17, 15) is 13.2 Å². The highest BCUT2D eigenvalue weighted by atomic mass is 19.2. The molecule has 0 aromatic heterocycles. The molecule has 0 heterocycles. The number of phenolic OH excluding ortho intramolecular Hbond substituents is 1. The van der Waals surface area contributed by atoms with Gasteiger partial charge in [-0.2, -0.15) is 4.39 Å². The normalized spacial score (nSPS) is 10.5. The van der Waals surface area contributed by atoms with Crippen LogP contribution in [0.5, 0.6) is 17.2 Å². The van der Waals surface area contributed by atoms with Gasteiger partial charge < -0.3 is 14.6 Å². The molecule has 0 aliphatic carbocycles. The Hall–Kier alpha value is -3.41. The number of hydrogen-bond acceptors (Lipinski definition) is 3. The Labute approximate surface area is 160 Å². The molecular weight excluding hydrogens is 369 g/mol. The van der Waals surface area contributed by atoms with E-state index in [1.165, 1.54) is 18.2 Å². The molecule has 144 valence electrons. The fourth-order valence-electron chi connectivity index (χ4n) is 2.54. The lowest BCUT2D eigenvalue weighted by atomic mass is 10.1. The zero-order valence-corrected chi connectivity index (χ0v) is 14.8. The third kappa shape index (κ3) is 4.28. The van der Waals surface area contributed by atoms with Crippen LogP contribution in [0.3, 0.4) is 0 Å². The number of phenols is 1. The average Bonchev–Trinajstić information content (AvgIpc) is 2.71. The molecular formula is C22H17F3O3. The molecule has 3 aromatic carbocycles. The van der Waals surface area contributed by atoms with Crippen LogP contribution in [0, 0.1) is 17.5 Å². The average molecular weight is 386 g/mol. The standard InChI is InChI=1S/C22H17F3O3/c1-2-11-27-20-10-6-15(12-18(20)23)14-3-7-17(8-4-14)28-13-16-5-9-19(26)22(25)21(16)24/h2-10,12,26H,1,11,13H2. The van der Waals surface area contributed by atoms with Crippen molar-refractivity contribution in [2.75, 3.05) is 6.61 Å². The molecule has 0 atom stereocenters. The number of rotatable bonds is 7. The van der Waals surface area contributed by atoms with Crippen molar-refractivity contribution in [3.8, 4) is 28.4 Å². The third-order valence-electron chi connectivity index (χ3n) is 4.01. The molecule has 0 spiro atoms. The first kappa shape index (κ1) is 19.4. The molecule has 0 fully saturated rings. The van der Waals surface area contributed by atoms with Gasteiger partial charge in [-0.15, -0.1) is 0 Å². The van der Waals surface area contributed by atoms with Gasteiger partial charge in [0.05, 0.1) is 0 Å². The van der Waals surface area contributed by atoms with Gasteiger partial charge in [0.1, 0.15) is 19.0 Å². The predicted octanol–water partition coefficient (Wildman–Crippen LogP) is 5.62. The van der Waals surface area contributed by atoms with Gasteiger partial charge in [-0.1, -0.05) is 30.9 Å². The van der Waals surface area contributed by atoms with Crippen LogP contribution in [0.1, 0.15) is 5.56 Å². The Morgan fingerprint density at radius 2 is 1.57 bits per heavy atom. The van der Waals surface area contributed by atoms with E-state index >= 15 is 0 Å². The van der Waals surface area contributed by atoms with Crippen molar-refractivity contribution in [2.45, 2.75) is 6.61 Å². The molecule has 0 aliphatic heterocycles. The molecule has 1 N–H and O–H groups in total. The van der Waals surface area contributed by atoms with E-state index in [1.54, 1.807) is 36.4 Å². The molecule has 3 nitrogen and oxygen atoms in total. The molecule has 6 heteroatoms. The first-order chi connectivity index (χ1) is 13.5. The minimum Gasteiger partial charge on any atom is -0.505 e. The van der Waals surface area contributed by atoms with Crippen molar-refractivity contribution in [2.24, 2.45) is 0 Å². The fourth-order valence-corrected chi connectivity index (χ4v) is 2.54. The van der Waals surface area contributed by atoms with Crippen LogP contribution in [0.4, 0.5) is 13.2 Å². The summed E-state index contributed by atoms with van der Waals surface area (Å²) in [5.41, 5.74) is 1.39. The molecule has 0 saturated carbocycles. The van der Waals surface area contributed by atoms with E-state index in [0.717, 1.165) is 11.6 Å².